The quantitative estimate of drug-likeness (QED) is 0.849. The van der Waals surface area contributed by atoms with E-state index in [2.05, 4.69) is 5.32 Å². The Morgan fingerprint density at radius 1 is 1.50 bits per heavy atom. The van der Waals surface area contributed by atoms with Crippen LogP contribution in [0.2, 0.25) is 0 Å². The van der Waals surface area contributed by atoms with Crippen LogP contribution >= 0.6 is 0 Å². The van der Waals surface area contributed by atoms with Crippen LogP contribution in [0.25, 0.3) is 0 Å². The normalized spacial score (nSPS) is 20.8. The van der Waals surface area contributed by atoms with Gasteiger partial charge in [-0.25, -0.2) is 4.39 Å². The van der Waals surface area contributed by atoms with E-state index in [9.17, 15) is 4.39 Å². The number of rotatable bonds is 3. The lowest BCUT2D eigenvalue weighted by Gasteiger charge is -2.23. The van der Waals surface area contributed by atoms with Crippen molar-refractivity contribution >= 4 is 0 Å². The number of halogens is 1. The van der Waals surface area contributed by atoms with E-state index in [1.54, 1.807) is 13.2 Å². The third-order valence-corrected chi connectivity index (χ3v) is 3.19. The van der Waals surface area contributed by atoms with Crippen molar-refractivity contribution in [3.05, 3.63) is 29.6 Å². The molecule has 16 heavy (non-hydrogen) atoms. The van der Waals surface area contributed by atoms with Gasteiger partial charge in [-0.2, -0.15) is 0 Å². The van der Waals surface area contributed by atoms with Gasteiger partial charge >= 0.3 is 0 Å². The van der Waals surface area contributed by atoms with Crippen molar-refractivity contribution in [2.24, 2.45) is 5.92 Å². The first kappa shape index (κ1) is 11.4. The molecule has 1 saturated heterocycles. The van der Waals surface area contributed by atoms with Gasteiger partial charge in [-0.1, -0.05) is 6.07 Å². The molecule has 1 atom stereocenters. The summed E-state index contributed by atoms with van der Waals surface area (Å²) >= 11 is 0. The summed E-state index contributed by atoms with van der Waals surface area (Å²) in [6, 6.07) is 5.03. The van der Waals surface area contributed by atoms with Crippen LogP contribution in [0.4, 0.5) is 4.39 Å². The standard InChI is InChI=1S/C13H18FNO/c1-16-13-6-2-5-12(14)11(13)8-10-4-3-7-15-9-10/h2,5-6,10,15H,3-4,7-9H2,1H3. The monoisotopic (exact) mass is 223 g/mol. The van der Waals surface area contributed by atoms with Crippen molar-refractivity contribution in [1.82, 2.24) is 5.32 Å². The zero-order chi connectivity index (χ0) is 11.4. The first-order chi connectivity index (χ1) is 7.81. The van der Waals surface area contributed by atoms with Gasteiger partial charge in [0.05, 0.1) is 7.11 Å². The fourth-order valence-corrected chi connectivity index (χ4v) is 2.32. The minimum atomic E-state index is -0.148. The molecule has 3 heteroatoms. The molecular formula is C13H18FNO. The highest BCUT2D eigenvalue weighted by Gasteiger charge is 2.18. The van der Waals surface area contributed by atoms with Crippen LogP contribution in [0.15, 0.2) is 18.2 Å². The zero-order valence-corrected chi connectivity index (χ0v) is 9.63. The fourth-order valence-electron chi connectivity index (χ4n) is 2.32. The molecule has 0 amide bonds. The van der Waals surface area contributed by atoms with Crippen LogP contribution in [0.3, 0.4) is 0 Å². The van der Waals surface area contributed by atoms with Crippen molar-refractivity contribution in [3.8, 4) is 5.75 Å². The van der Waals surface area contributed by atoms with Crippen LogP contribution in [0, 0.1) is 11.7 Å². The van der Waals surface area contributed by atoms with Crippen LogP contribution in [-0.4, -0.2) is 20.2 Å². The second-order valence-corrected chi connectivity index (χ2v) is 4.34. The molecule has 1 aromatic rings. The summed E-state index contributed by atoms with van der Waals surface area (Å²) in [6.45, 7) is 2.07. The fraction of sp³-hybridized carbons (Fsp3) is 0.538. The molecule has 0 aliphatic carbocycles. The summed E-state index contributed by atoms with van der Waals surface area (Å²) in [6.07, 6.45) is 3.12. The van der Waals surface area contributed by atoms with Crippen LogP contribution in [0.5, 0.6) is 5.75 Å². The molecule has 0 spiro atoms. The lowest BCUT2D eigenvalue weighted by atomic mass is 9.92. The molecule has 1 N–H and O–H groups in total. The van der Waals surface area contributed by atoms with E-state index >= 15 is 0 Å². The van der Waals surface area contributed by atoms with Gasteiger partial charge in [-0.15, -0.1) is 0 Å². The summed E-state index contributed by atoms with van der Waals surface area (Å²) < 4.78 is 18.9. The lowest BCUT2D eigenvalue weighted by Crippen LogP contribution is -2.31. The largest absolute Gasteiger partial charge is 0.496 e. The number of methoxy groups -OCH3 is 1. The van der Waals surface area contributed by atoms with Gasteiger partial charge in [-0.3, -0.25) is 0 Å². The van der Waals surface area contributed by atoms with Crippen molar-refractivity contribution in [2.45, 2.75) is 19.3 Å². The Labute approximate surface area is 95.8 Å². The molecule has 1 fully saturated rings. The van der Waals surface area contributed by atoms with Gasteiger partial charge in [0.15, 0.2) is 0 Å². The number of benzene rings is 1. The number of hydrogen-bond acceptors (Lipinski definition) is 2. The maximum absolute atomic E-state index is 13.7. The molecule has 0 radical (unpaired) electrons. The highest BCUT2D eigenvalue weighted by molar-refractivity contribution is 5.35. The van der Waals surface area contributed by atoms with E-state index in [-0.39, 0.29) is 5.82 Å². The molecule has 1 aliphatic rings. The number of hydrogen-bond donors (Lipinski definition) is 1. The first-order valence-corrected chi connectivity index (χ1v) is 5.83. The third-order valence-electron chi connectivity index (χ3n) is 3.19. The summed E-state index contributed by atoms with van der Waals surface area (Å²) in [5.41, 5.74) is 0.721. The predicted molar refractivity (Wildman–Crippen MR) is 62.2 cm³/mol. The zero-order valence-electron chi connectivity index (χ0n) is 9.63. The molecule has 2 nitrogen and oxygen atoms in total. The molecular weight excluding hydrogens is 205 g/mol. The first-order valence-electron chi connectivity index (χ1n) is 5.83. The van der Waals surface area contributed by atoms with Crippen molar-refractivity contribution in [3.63, 3.8) is 0 Å². The average Bonchev–Trinajstić information content (AvgIpc) is 2.33. The molecule has 0 saturated carbocycles. The van der Waals surface area contributed by atoms with E-state index in [0.29, 0.717) is 11.7 Å². The minimum Gasteiger partial charge on any atom is -0.496 e. The topological polar surface area (TPSA) is 21.3 Å². The second-order valence-electron chi connectivity index (χ2n) is 4.34. The summed E-state index contributed by atoms with van der Waals surface area (Å²) in [5, 5.41) is 3.35. The molecule has 2 rings (SSSR count). The maximum Gasteiger partial charge on any atom is 0.130 e. The second kappa shape index (κ2) is 5.30. The predicted octanol–water partition coefficient (Wildman–Crippen LogP) is 2.38. The number of piperidine rings is 1. The van der Waals surface area contributed by atoms with Gasteiger partial charge in [0.1, 0.15) is 11.6 Å². The molecule has 1 aliphatic heterocycles. The van der Waals surface area contributed by atoms with Crippen LogP contribution in [-0.2, 0) is 6.42 Å². The molecule has 0 aromatic heterocycles. The van der Waals surface area contributed by atoms with Gasteiger partial charge in [0, 0.05) is 5.56 Å². The highest BCUT2D eigenvalue weighted by atomic mass is 19.1. The maximum atomic E-state index is 13.7. The van der Waals surface area contributed by atoms with Crippen LogP contribution in [0.1, 0.15) is 18.4 Å². The van der Waals surface area contributed by atoms with Gasteiger partial charge in [-0.05, 0) is 50.4 Å². The Bertz CT molecular complexity index is 348. The minimum absolute atomic E-state index is 0.148. The summed E-state index contributed by atoms with van der Waals surface area (Å²) in [4.78, 5) is 0. The van der Waals surface area contributed by atoms with E-state index in [1.165, 1.54) is 18.9 Å². The Morgan fingerprint density at radius 3 is 3.06 bits per heavy atom. The van der Waals surface area contributed by atoms with Crippen molar-refractivity contribution < 1.29 is 9.13 Å². The van der Waals surface area contributed by atoms with Gasteiger partial charge < -0.3 is 10.1 Å². The average molecular weight is 223 g/mol. The number of ether oxygens (including phenoxy) is 1. The van der Waals surface area contributed by atoms with Crippen LogP contribution < -0.4 is 10.1 Å². The smallest absolute Gasteiger partial charge is 0.130 e. The van der Waals surface area contributed by atoms with Gasteiger partial charge in [0.25, 0.3) is 0 Å². The molecule has 1 aromatic carbocycles. The molecule has 88 valence electrons. The van der Waals surface area contributed by atoms with Crippen molar-refractivity contribution in [1.29, 1.82) is 0 Å². The molecule has 1 unspecified atom stereocenters. The molecule has 1 heterocycles. The van der Waals surface area contributed by atoms with E-state index in [4.69, 9.17) is 4.74 Å². The highest BCUT2D eigenvalue weighted by Crippen LogP contribution is 2.26. The third kappa shape index (κ3) is 2.53. The number of nitrogens with one attached hydrogen (secondary N) is 1. The van der Waals surface area contributed by atoms with E-state index in [0.717, 1.165) is 25.1 Å². The summed E-state index contributed by atoms with van der Waals surface area (Å²) in [7, 11) is 1.59. The van der Waals surface area contributed by atoms with Gasteiger partial charge in [0.2, 0.25) is 0 Å². The Balaban J connectivity index is 2.12. The SMILES string of the molecule is COc1cccc(F)c1CC1CCCNC1. The molecule has 0 bridgehead atoms. The Hall–Kier alpha value is -1.09. The van der Waals surface area contributed by atoms with E-state index in [1.807, 2.05) is 6.07 Å². The Kier molecular flexibility index (Phi) is 3.78. The van der Waals surface area contributed by atoms with Crippen molar-refractivity contribution in [2.75, 3.05) is 20.2 Å². The summed E-state index contributed by atoms with van der Waals surface area (Å²) in [5.74, 6) is 1.05. The Morgan fingerprint density at radius 2 is 2.38 bits per heavy atom. The van der Waals surface area contributed by atoms with E-state index < -0.39 is 0 Å². The lowest BCUT2D eigenvalue weighted by molar-refractivity contribution is 0.358.